The summed E-state index contributed by atoms with van der Waals surface area (Å²) < 4.78 is 5.52. The van der Waals surface area contributed by atoms with Gasteiger partial charge in [0, 0.05) is 0 Å². The Morgan fingerprint density at radius 1 is 1.25 bits per heavy atom. The number of hydrogen-bond acceptors (Lipinski definition) is 2. The van der Waals surface area contributed by atoms with E-state index in [1.165, 1.54) is 17.5 Å². The summed E-state index contributed by atoms with van der Waals surface area (Å²) in [6.07, 6.45) is 4.40. The van der Waals surface area contributed by atoms with Gasteiger partial charge in [-0.3, -0.25) is 0 Å². The van der Waals surface area contributed by atoms with E-state index in [-0.39, 0.29) is 10.8 Å². The monoisotopic (exact) mass is 269 g/mol. The van der Waals surface area contributed by atoms with Crippen LogP contribution in [0.4, 0.5) is 0 Å². The van der Waals surface area contributed by atoms with Crippen molar-refractivity contribution in [3.8, 4) is 6.07 Å². The van der Waals surface area contributed by atoms with Crippen LogP contribution < -0.4 is 0 Å². The van der Waals surface area contributed by atoms with E-state index in [1.54, 1.807) is 0 Å². The SMILES string of the molecule is CCC(C)c1ccc(C2(C3(C#N)CCC3)COC2)cc1. The van der Waals surface area contributed by atoms with Gasteiger partial charge >= 0.3 is 0 Å². The third kappa shape index (κ3) is 1.73. The second kappa shape index (κ2) is 4.90. The van der Waals surface area contributed by atoms with Gasteiger partial charge in [0.2, 0.25) is 0 Å². The van der Waals surface area contributed by atoms with E-state index in [4.69, 9.17) is 4.74 Å². The van der Waals surface area contributed by atoms with Crippen LogP contribution in [0.3, 0.4) is 0 Å². The molecule has 1 atom stereocenters. The standard InChI is InChI=1S/C18H23NO/c1-3-14(2)15-5-7-16(8-6-15)18(12-20-13-18)17(11-19)9-4-10-17/h5-8,14H,3-4,9-10,12-13H2,1-2H3. The lowest BCUT2D eigenvalue weighted by atomic mass is 9.50. The van der Waals surface area contributed by atoms with Crippen molar-refractivity contribution in [1.82, 2.24) is 0 Å². The quantitative estimate of drug-likeness (QED) is 0.822. The van der Waals surface area contributed by atoms with Crippen molar-refractivity contribution in [2.24, 2.45) is 5.41 Å². The second-order valence-electron chi connectivity index (χ2n) is 6.55. The van der Waals surface area contributed by atoms with Gasteiger partial charge in [0.1, 0.15) is 0 Å². The zero-order valence-electron chi connectivity index (χ0n) is 12.5. The Morgan fingerprint density at radius 3 is 2.25 bits per heavy atom. The van der Waals surface area contributed by atoms with Crippen molar-refractivity contribution in [1.29, 1.82) is 5.26 Å². The van der Waals surface area contributed by atoms with E-state index in [2.05, 4.69) is 44.2 Å². The molecule has 0 aromatic heterocycles. The molecule has 1 saturated heterocycles. The molecule has 20 heavy (non-hydrogen) atoms. The number of rotatable bonds is 4. The molecule has 1 aromatic carbocycles. The van der Waals surface area contributed by atoms with Crippen LogP contribution in [0.2, 0.25) is 0 Å². The maximum atomic E-state index is 9.67. The summed E-state index contributed by atoms with van der Waals surface area (Å²) in [6, 6.07) is 11.6. The highest BCUT2D eigenvalue weighted by molar-refractivity contribution is 5.38. The van der Waals surface area contributed by atoms with Crippen LogP contribution in [-0.2, 0) is 10.2 Å². The minimum absolute atomic E-state index is 0.0476. The molecule has 0 radical (unpaired) electrons. The van der Waals surface area contributed by atoms with Gasteiger partial charge in [-0.2, -0.15) is 5.26 Å². The first-order valence-corrected chi connectivity index (χ1v) is 7.77. The van der Waals surface area contributed by atoms with Crippen LogP contribution in [-0.4, -0.2) is 13.2 Å². The Balaban J connectivity index is 1.93. The Morgan fingerprint density at radius 2 is 1.90 bits per heavy atom. The van der Waals surface area contributed by atoms with Gasteiger partial charge in [0.15, 0.2) is 0 Å². The van der Waals surface area contributed by atoms with Crippen LogP contribution in [0, 0.1) is 16.7 Å². The first kappa shape index (κ1) is 13.6. The lowest BCUT2D eigenvalue weighted by Crippen LogP contribution is -2.61. The molecule has 2 fully saturated rings. The van der Waals surface area contributed by atoms with Gasteiger partial charge in [-0.05, 0) is 36.3 Å². The molecule has 0 amide bonds. The van der Waals surface area contributed by atoms with Gasteiger partial charge < -0.3 is 4.74 Å². The number of benzene rings is 1. The van der Waals surface area contributed by atoms with E-state index in [0.717, 1.165) is 19.3 Å². The highest BCUT2D eigenvalue weighted by atomic mass is 16.5. The van der Waals surface area contributed by atoms with E-state index in [9.17, 15) is 5.26 Å². The van der Waals surface area contributed by atoms with E-state index in [1.807, 2.05) is 0 Å². The van der Waals surface area contributed by atoms with Crippen molar-refractivity contribution in [3.05, 3.63) is 35.4 Å². The third-order valence-electron chi connectivity index (χ3n) is 5.68. The van der Waals surface area contributed by atoms with Crippen molar-refractivity contribution >= 4 is 0 Å². The fourth-order valence-corrected chi connectivity index (χ4v) is 3.62. The fraction of sp³-hybridized carbons (Fsp3) is 0.611. The molecule has 0 bridgehead atoms. The number of nitriles is 1. The molecule has 0 N–H and O–H groups in total. The lowest BCUT2D eigenvalue weighted by Gasteiger charge is -2.56. The Kier molecular flexibility index (Phi) is 3.34. The molecule has 2 heteroatoms. The molecule has 1 heterocycles. The summed E-state index contributed by atoms with van der Waals surface area (Å²) >= 11 is 0. The fourth-order valence-electron chi connectivity index (χ4n) is 3.62. The highest BCUT2D eigenvalue weighted by Gasteiger charge is 2.60. The van der Waals surface area contributed by atoms with Crippen LogP contribution in [0.15, 0.2) is 24.3 Å². The van der Waals surface area contributed by atoms with Crippen LogP contribution in [0.25, 0.3) is 0 Å². The van der Waals surface area contributed by atoms with E-state index < -0.39 is 0 Å². The maximum Gasteiger partial charge on any atom is 0.0715 e. The van der Waals surface area contributed by atoms with Gasteiger partial charge in [-0.25, -0.2) is 0 Å². The van der Waals surface area contributed by atoms with Crippen molar-refractivity contribution in [2.75, 3.05) is 13.2 Å². The van der Waals surface area contributed by atoms with Crippen molar-refractivity contribution in [3.63, 3.8) is 0 Å². The van der Waals surface area contributed by atoms with Gasteiger partial charge in [0.05, 0.1) is 30.1 Å². The summed E-state index contributed by atoms with van der Waals surface area (Å²) in [4.78, 5) is 0. The van der Waals surface area contributed by atoms with Crippen LogP contribution in [0.1, 0.15) is 56.6 Å². The Hall–Kier alpha value is -1.33. The van der Waals surface area contributed by atoms with Crippen LogP contribution in [0.5, 0.6) is 0 Å². The van der Waals surface area contributed by atoms with Gasteiger partial charge in [-0.15, -0.1) is 0 Å². The predicted molar refractivity (Wildman–Crippen MR) is 79.5 cm³/mol. The van der Waals surface area contributed by atoms with Gasteiger partial charge in [-0.1, -0.05) is 44.5 Å². The van der Waals surface area contributed by atoms with E-state index in [0.29, 0.717) is 19.1 Å². The summed E-state index contributed by atoms with van der Waals surface area (Å²) in [5.74, 6) is 0.603. The largest absolute Gasteiger partial charge is 0.379 e. The first-order chi connectivity index (χ1) is 9.67. The first-order valence-electron chi connectivity index (χ1n) is 7.77. The molecule has 0 spiro atoms. The third-order valence-corrected chi connectivity index (χ3v) is 5.68. The van der Waals surface area contributed by atoms with Crippen LogP contribution >= 0.6 is 0 Å². The molecular formula is C18H23NO. The van der Waals surface area contributed by atoms with Gasteiger partial charge in [0.25, 0.3) is 0 Å². The zero-order chi connectivity index (χ0) is 14.2. The molecule has 3 rings (SSSR count). The summed E-state index contributed by atoms with van der Waals surface area (Å²) in [5.41, 5.74) is 2.47. The summed E-state index contributed by atoms with van der Waals surface area (Å²) in [6.45, 7) is 5.91. The molecule has 106 valence electrons. The normalized spacial score (nSPS) is 24.1. The zero-order valence-corrected chi connectivity index (χ0v) is 12.5. The van der Waals surface area contributed by atoms with E-state index >= 15 is 0 Å². The lowest BCUT2D eigenvalue weighted by molar-refractivity contribution is -0.134. The number of ether oxygens (including phenoxy) is 1. The topological polar surface area (TPSA) is 33.0 Å². The Labute approximate surface area is 121 Å². The average Bonchev–Trinajstić information content (AvgIpc) is 2.40. The molecule has 2 aliphatic rings. The molecular weight excluding hydrogens is 246 g/mol. The minimum atomic E-state index is -0.177. The Bertz CT molecular complexity index is 517. The molecule has 1 aromatic rings. The molecule has 2 nitrogen and oxygen atoms in total. The highest BCUT2D eigenvalue weighted by Crippen LogP contribution is 2.58. The summed E-state index contributed by atoms with van der Waals surface area (Å²) in [5, 5.41) is 9.67. The smallest absolute Gasteiger partial charge is 0.0715 e. The summed E-state index contributed by atoms with van der Waals surface area (Å²) in [7, 11) is 0. The maximum absolute atomic E-state index is 9.67. The molecule has 1 unspecified atom stereocenters. The average molecular weight is 269 g/mol. The second-order valence-corrected chi connectivity index (χ2v) is 6.55. The molecule has 1 aliphatic carbocycles. The number of hydrogen-bond donors (Lipinski definition) is 0. The molecule has 1 aliphatic heterocycles. The number of nitrogens with zero attached hydrogens (tertiary/aromatic N) is 1. The predicted octanol–water partition coefficient (Wildman–Crippen LogP) is 4.16. The van der Waals surface area contributed by atoms with Crippen molar-refractivity contribution in [2.45, 2.75) is 50.9 Å². The molecule has 1 saturated carbocycles. The van der Waals surface area contributed by atoms with Crippen molar-refractivity contribution < 1.29 is 4.74 Å². The minimum Gasteiger partial charge on any atom is -0.379 e.